The normalized spacial score (nSPS) is 22.9. The van der Waals surface area contributed by atoms with E-state index in [2.05, 4.69) is 26.1 Å². The Hall–Kier alpha value is -0.120. The van der Waals surface area contributed by atoms with E-state index in [1.165, 1.54) is 6.42 Å². The Kier molecular flexibility index (Phi) is 7.01. The third-order valence-electron chi connectivity index (χ3n) is 3.22. The van der Waals surface area contributed by atoms with Crippen LogP contribution in [-0.2, 0) is 9.47 Å². The highest BCUT2D eigenvalue weighted by atomic mass is 16.5. The highest BCUT2D eigenvalue weighted by Crippen LogP contribution is 2.15. The molecule has 0 aliphatic carbocycles. The van der Waals surface area contributed by atoms with Crippen molar-refractivity contribution in [2.75, 3.05) is 33.0 Å². The minimum atomic E-state index is 0.552. The minimum absolute atomic E-state index is 0.552. The lowest BCUT2D eigenvalue weighted by Gasteiger charge is -2.19. The average Bonchev–Trinajstić information content (AvgIpc) is 2.75. The van der Waals surface area contributed by atoms with Crippen molar-refractivity contribution in [1.29, 1.82) is 0 Å². The lowest BCUT2D eigenvalue weighted by Crippen LogP contribution is -2.36. The van der Waals surface area contributed by atoms with E-state index in [0.717, 1.165) is 45.3 Å². The van der Waals surface area contributed by atoms with Crippen LogP contribution in [0.15, 0.2) is 0 Å². The van der Waals surface area contributed by atoms with E-state index in [1.807, 2.05) is 0 Å². The summed E-state index contributed by atoms with van der Waals surface area (Å²) in [5.74, 6) is 1.43. The predicted octanol–water partition coefficient (Wildman–Crippen LogP) is 2.06. The molecule has 96 valence electrons. The van der Waals surface area contributed by atoms with E-state index in [-0.39, 0.29) is 0 Å². The predicted molar refractivity (Wildman–Crippen MR) is 66.7 cm³/mol. The zero-order chi connectivity index (χ0) is 11.8. The van der Waals surface area contributed by atoms with Gasteiger partial charge >= 0.3 is 0 Å². The van der Waals surface area contributed by atoms with Gasteiger partial charge in [0.15, 0.2) is 0 Å². The van der Waals surface area contributed by atoms with Crippen LogP contribution in [0.25, 0.3) is 0 Å². The van der Waals surface area contributed by atoms with Gasteiger partial charge < -0.3 is 14.8 Å². The molecule has 1 heterocycles. The second kappa shape index (κ2) is 8.04. The van der Waals surface area contributed by atoms with Crippen LogP contribution >= 0.6 is 0 Å². The maximum Gasteiger partial charge on any atom is 0.0591 e. The van der Waals surface area contributed by atoms with Gasteiger partial charge in [0, 0.05) is 25.8 Å². The Labute approximate surface area is 99.9 Å². The van der Waals surface area contributed by atoms with Crippen LogP contribution in [0.4, 0.5) is 0 Å². The van der Waals surface area contributed by atoms with E-state index in [4.69, 9.17) is 9.47 Å². The highest BCUT2D eigenvalue weighted by Gasteiger charge is 2.21. The second-order valence-corrected chi connectivity index (χ2v) is 5.16. The first-order valence-corrected chi connectivity index (χ1v) is 6.59. The van der Waals surface area contributed by atoms with Gasteiger partial charge in [0.25, 0.3) is 0 Å². The van der Waals surface area contributed by atoms with Crippen molar-refractivity contribution in [1.82, 2.24) is 5.32 Å². The van der Waals surface area contributed by atoms with Crippen molar-refractivity contribution >= 4 is 0 Å². The molecule has 0 amide bonds. The summed E-state index contributed by atoms with van der Waals surface area (Å²) in [6, 6.07) is 0.552. The standard InChI is InChI=1S/C13H27NO2/c1-11(2)4-7-15-9-6-14-12(3)13-5-8-16-10-13/h11-14H,4-10H2,1-3H3. The average molecular weight is 229 g/mol. The monoisotopic (exact) mass is 229 g/mol. The van der Waals surface area contributed by atoms with Gasteiger partial charge in [0.1, 0.15) is 0 Å². The van der Waals surface area contributed by atoms with Crippen LogP contribution in [-0.4, -0.2) is 39.0 Å². The van der Waals surface area contributed by atoms with Gasteiger partial charge in [0.05, 0.1) is 13.2 Å². The molecule has 1 aliphatic heterocycles. The summed E-state index contributed by atoms with van der Waals surface area (Å²) in [7, 11) is 0. The maximum absolute atomic E-state index is 5.56. The summed E-state index contributed by atoms with van der Waals surface area (Å²) in [4.78, 5) is 0. The Morgan fingerprint density at radius 1 is 1.31 bits per heavy atom. The number of rotatable bonds is 8. The Bertz CT molecular complexity index is 167. The van der Waals surface area contributed by atoms with Crippen molar-refractivity contribution in [2.24, 2.45) is 11.8 Å². The molecule has 0 aromatic heterocycles. The largest absolute Gasteiger partial charge is 0.381 e. The van der Waals surface area contributed by atoms with E-state index in [1.54, 1.807) is 0 Å². The van der Waals surface area contributed by atoms with Gasteiger partial charge in [-0.1, -0.05) is 13.8 Å². The van der Waals surface area contributed by atoms with Gasteiger partial charge in [0.2, 0.25) is 0 Å². The molecule has 3 heteroatoms. The van der Waals surface area contributed by atoms with Gasteiger partial charge in [-0.3, -0.25) is 0 Å². The van der Waals surface area contributed by atoms with Gasteiger partial charge in [-0.15, -0.1) is 0 Å². The van der Waals surface area contributed by atoms with Crippen molar-refractivity contribution in [3.8, 4) is 0 Å². The molecule has 0 aromatic rings. The van der Waals surface area contributed by atoms with Crippen LogP contribution in [0.3, 0.4) is 0 Å². The van der Waals surface area contributed by atoms with Crippen LogP contribution in [0.1, 0.15) is 33.6 Å². The third-order valence-corrected chi connectivity index (χ3v) is 3.22. The molecule has 0 spiro atoms. The summed E-state index contributed by atoms with van der Waals surface area (Å²) in [6.45, 7) is 11.2. The summed E-state index contributed by atoms with van der Waals surface area (Å²) in [5, 5.41) is 3.51. The van der Waals surface area contributed by atoms with Crippen molar-refractivity contribution in [2.45, 2.75) is 39.7 Å². The van der Waals surface area contributed by atoms with Crippen molar-refractivity contribution < 1.29 is 9.47 Å². The molecule has 1 aliphatic rings. The van der Waals surface area contributed by atoms with E-state index < -0.39 is 0 Å². The molecule has 3 nitrogen and oxygen atoms in total. The minimum Gasteiger partial charge on any atom is -0.381 e. The molecule has 1 N–H and O–H groups in total. The number of hydrogen-bond acceptors (Lipinski definition) is 3. The number of ether oxygens (including phenoxy) is 2. The summed E-state index contributed by atoms with van der Waals surface area (Å²) >= 11 is 0. The van der Waals surface area contributed by atoms with Crippen LogP contribution in [0, 0.1) is 11.8 Å². The van der Waals surface area contributed by atoms with Gasteiger partial charge in [-0.2, -0.15) is 0 Å². The zero-order valence-corrected chi connectivity index (χ0v) is 11.0. The second-order valence-electron chi connectivity index (χ2n) is 5.16. The zero-order valence-electron chi connectivity index (χ0n) is 11.0. The number of hydrogen-bond donors (Lipinski definition) is 1. The molecule has 2 unspecified atom stereocenters. The Balaban J connectivity index is 1.90. The fourth-order valence-corrected chi connectivity index (χ4v) is 1.89. The molecule has 0 saturated carbocycles. The first kappa shape index (κ1) is 13.9. The first-order chi connectivity index (χ1) is 7.70. The smallest absolute Gasteiger partial charge is 0.0591 e. The molecule has 0 aromatic carbocycles. The quantitative estimate of drug-likeness (QED) is 0.646. The maximum atomic E-state index is 5.56. The fourth-order valence-electron chi connectivity index (χ4n) is 1.89. The van der Waals surface area contributed by atoms with Crippen molar-refractivity contribution in [3.63, 3.8) is 0 Å². The Morgan fingerprint density at radius 3 is 2.75 bits per heavy atom. The SMILES string of the molecule is CC(C)CCOCCNC(C)C1CCOC1. The first-order valence-electron chi connectivity index (χ1n) is 6.59. The molecule has 1 saturated heterocycles. The molecule has 2 atom stereocenters. The van der Waals surface area contributed by atoms with E-state index in [9.17, 15) is 0 Å². The lowest BCUT2D eigenvalue weighted by atomic mass is 10.0. The molecule has 0 bridgehead atoms. The third kappa shape index (κ3) is 5.83. The van der Waals surface area contributed by atoms with E-state index >= 15 is 0 Å². The topological polar surface area (TPSA) is 30.5 Å². The summed E-state index contributed by atoms with van der Waals surface area (Å²) < 4.78 is 10.9. The van der Waals surface area contributed by atoms with Crippen LogP contribution in [0.5, 0.6) is 0 Å². The van der Waals surface area contributed by atoms with Crippen LogP contribution in [0.2, 0.25) is 0 Å². The highest BCUT2D eigenvalue weighted by molar-refractivity contribution is 4.75. The van der Waals surface area contributed by atoms with E-state index in [0.29, 0.717) is 12.0 Å². The Morgan fingerprint density at radius 2 is 2.12 bits per heavy atom. The molecule has 16 heavy (non-hydrogen) atoms. The van der Waals surface area contributed by atoms with Gasteiger partial charge in [-0.05, 0) is 31.6 Å². The molecule has 0 radical (unpaired) electrons. The summed E-state index contributed by atoms with van der Waals surface area (Å²) in [5.41, 5.74) is 0. The molecular weight excluding hydrogens is 202 g/mol. The van der Waals surface area contributed by atoms with Gasteiger partial charge in [-0.25, -0.2) is 0 Å². The molecule has 1 fully saturated rings. The van der Waals surface area contributed by atoms with Crippen molar-refractivity contribution in [3.05, 3.63) is 0 Å². The number of nitrogens with one attached hydrogen (secondary N) is 1. The lowest BCUT2D eigenvalue weighted by molar-refractivity contribution is 0.120. The fraction of sp³-hybridized carbons (Fsp3) is 1.00. The van der Waals surface area contributed by atoms with Crippen LogP contribution < -0.4 is 5.32 Å². The molecular formula is C13H27NO2. The molecule has 1 rings (SSSR count). The summed E-state index contributed by atoms with van der Waals surface area (Å²) in [6.07, 6.45) is 2.36.